The van der Waals surface area contributed by atoms with Crippen LogP contribution in [0.4, 0.5) is 11.4 Å². The molecule has 0 aliphatic carbocycles. The third-order valence-electron chi connectivity index (χ3n) is 5.61. The molecule has 1 aromatic heterocycles. The van der Waals surface area contributed by atoms with Gasteiger partial charge in [0.15, 0.2) is 0 Å². The SMILES string of the molecule is CCc1[nH]c(C(=O)Nc2ccccc2N2CCN(CC)CC2)c(C)c1C(=O)OC. The highest BCUT2D eigenvalue weighted by molar-refractivity contribution is 6.08. The molecule has 0 unspecified atom stereocenters. The fraction of sp³-hybridized carbons (Fsp3) is 0.455. The van der Waals surface area contributed by atoms with Gasteiger partial charge in [-0.3, -0.25) is 4.79 Å². The first kappa shape index (κ1) is 20.9. The van der Waals surface area contributed by atoms with E-state index in [0.717, 1.165) is 44.1 Å². The molecule has 7 nitrogen and oxygen atoms in total. The molecule has 7 heteroatoms. The number of likely N-dealkylation sites (N-methyl/N-ethyl adjacent to an activating group) is 1. The quantitative estimate of drug-likeness (QED) is 0.732. The summed E-state index contributed by atoms with van der Waals surface area (Å²) in [5.74, 6) is -0.684. The molecular formula is C22H30N4O3. The zero-order valence-corrected chi connectivity index (χ0v) is 17.7. The number of hydrogen-bond acceptors (Lipinski definition) is 5. The molecule has 0 spiro atoms. The average Bonchev–Trinajstić information content (AvgIpc) is 3.10. The fourth-order valence-electron chi connectivity index (χ4n) is 3.87. The van der Waals surface area contributed by atoms with E-state index in [2.05, 4.69) is 27.0 Å². The van der Waals surface area contributed by atoms with Crippen molar-refractivity contribution in [3.63, 3.8) is 0 Å². The number of amides is 1. The van der Waals surface area contributed by atoms with Crippen LogP contribution in [0.3, 0.4) is 0 Å². The van der Waals surface area contributed by atoms with Gasteiger partial charge in [0.1, 0.15) is 5.69 Å². The number of para-hydroxylation sites is 2. The Labute approximate surface area is 172 Å². The summed E-state index contributed by atoms with van der Waals surface area (Å²) in [5, 5.41) is 3.03. The van der Waals surface area contributed by atoms with Crippen molar-refractivity contribution in [2.75, 3.05) is 50.1 Å². The van der Waals surface area contributed by atoms with E-state index in [-0.39, 0.29) is 5.91 Å². The number of methoxy groups -OCH3 is 1. The molecule has 0 saturated carbocycles. The van der Waals surface area contributed by atoms with Crippen LogP contribution < -0.4 is 10.2 Å². The second kappa shape index (κ2) is 9.13. The molecule has 1 fully saturated rings. The zero-order valence-electron chi connectivity index (χ0n) is 17.7. The van der Waals surface area contributed by atoms with E-state index in [0.29, 0.717) is 28.9 Å². The minimum Gasteiger partial charge on any atom is -0.465 e. The molecule has 1 aliphatic heterocycles. The number of nitrogens with one attached hydrogen (secondary N) is 2. The number of H-pyrrole nitrogens is 1. The van der Waals surface area contributed by atoms with Crippen LogP contribution >= 0.6 is 0 Å². The van der Waals surface area contributed by atoms with Crippen LogP contribution in [0.25, 0.3) is 0 Å². The summed E-state index contributed by atoms with van der Waals surface area (Å²) in [4.78, 5) is 33.0. The lowest BCUT2D eigenvalue weighted by Gasteiger charge is -2.36. The second-order valence-corrected chi connectivity index (χ2v) is 7.22. The van der Waals surface area contributed by atoms with Gasteiger partial charge in [0, 0.05) is 31.9 Å². The van der Waals surface area contributed by atoms with E-state index in [1.54, 1.807) is 6.92 Å². The number of piperazine rings is 1. The fourth-order valence-corrected chi connectivity index (χ4v) is 3.87. The van der Waals surface area contributed by atoms with E-state index < -0.39 is 5.97 Å². The predicted molar refractivity (Wildman–Crippen MR) is 115 cm³/mol. The van der Waals surface area contributed by atoms with Gasteiger partial charge in [-0.05, 0) is 37.6 Å². The first-order valence-electron chi connectivity index (χ1n) is 10.2. The largest absolute Gasteiger partial charge is 0.465 e. The number of hydrogen-bond donors (Lipinski definition) is 2. The molecular weight excluding hydrogens is 368 g/mol. The number of ether oxygens (including phenoxy) is 1. The summed E-state index contributed by atoms with van der Waals surface area (Å²) in [7, 11) is 1.35. The summed E-state index contributed by atoms with van der Waals surface area (Å²) in [6, 6.07) is 7.86. The minimum absolute atomic E-state index is 0.257. The van der Waals surface area contributed by atoms with E-state index in [9.17, 15) is 9.59 Å². The number of carbonyl (C=O) groups is 2. The summed E-state index contributed by atoms with van der Waals surface area (Å²) in [6.07, 6.45) is 0.608. The third-order valence-corrected chi connectivity index (χ3v) is 5.61. The number of nitrogens with zero attached hydrogens (tertiary/aromatic N) is 2. The number of benzene rings is 1. The highest BCUT2D eigenvalue weighted by Gasteiger charge is 2.25. The van der Waals surface area contributed by atoms with Gasteiger partial charge in [0.05, 0.1) is 24.0 Å². The van der Waals surface area contributed by atoms with E-state index in [1.807, 2.05) is 31.2 Å². The number of esters is 1. The molecule has 2 N–H and O–H groups in total. The lowest BCUT2D eigenvalue weighted by atomic mass is 10.1. The third kappa shape index (κ3) is 4.29. The van der Waals surface area contributed by atoms with Gasteiger partial charge < -0.3 is 24.8 Å². The molecule has 156 valence electrons. The normalized spacial score (nSPS) is 14.7. The van der Waals surface area contributed by atoms with Gasteiger partial charge >= 0.3 is 5.97 Å². The number of aromatic amines is 1. The predicted octanol–water partition coefficient (Wildman–Crippen LogP) is 3.07. The Balaban J connectivity index is 1.84. The van der Waals surface area contributed by atoms with E-state index in [1.165, 1.54) is 7.11 Å². The van der Waals surface area contributed by atoms with E-state index in [4.69, 9.17) is 4.74 Å². The van der Waals surface area contributed by atoms with Crippen LogP contribution in [-0.2, 0) is 11.2 Å². The molecule has 0 atom stereocenters. The minimum atomic E-state index is -0.427. The molecule has 1 amide bonds. The Bertz CT molecular complexity index is 882. The van der Waals surface area contributed by atoms with Crippen LogP contribution in [0.15, 0.2) is 24.3 Å². The Morgan fingerprint density at radius 3 is 2.45 bits per heavy atom. The molecule has 0 bridgehead atoms. The number of anilines is 2. The zero-order chi connectivity index (χ0) is 21.0. The van der Waals surface area contributed by atoms with Gasteiger partial charge in [0.25, 0.3) is 5.91 Å². The van der Waals surface area contributed by atoms with Gasteiger partial charge in [0.2, 0.25) is 0 Å². The monoisotopic (exact) mass is 398 g/mol. The van der Waals surface area contributed by atoms with Crippen LogP contribution in [0, 0.1) is 6.92 Å². The number of aromatic nitrogens is 1. The van der Waals surface area contributed by atoms with Crippen LogP contribution in [0.2, 0.25) is 0 Å². The highest BCUT2D eigenvalue weighted by Crippen LogP contribution is 2.28. The first-order chi connectivity index (χ1) is 14.0. The van der Waals surface area contributed by atoms with Crippen molar-refractivity contribution in [3.8, 4) is 0 Å². The first-order valence-corrected chi connectivity index (χ1v) is 10.2. The lowest BCUT2D eigenvalue weighted by Crippen LogP contribution is -2.46. The van der Waals surface area contributed by atoms with Crippen LogP contribution in [0.5, 0.6) is 0 Å². The Morgan fingerprint density at radius 2 is 1.83 bits per heavy atom. The Kier molecular flexibility index (Phi) is 6.59. The van der Waals surface area contributed by atoms with Crippen LogP contribution in [-0.4, -0.2) is 61.6 Å². The number of carbonyl (C=O) groups excluding carboxylic acids is 2. The van der Waals surface area contributed by atoms with Gasteiger partial charge in [-0.15, -0.1) is 0 Å². The lowest BCUT2D eigenvalue weighted by molar-refractivity contribution is 0.0599. The van der Waals surface area contributed by atoms with Gasteiger partial charge in [-0.2, -0.15) is 0 Å². The molecule has 3 rings (SSSR count). The molecule has 1 saturated heterocycles. The molecule has 0 radical (unpaired) electrons. The molecule has 2 heterocycles. The maximum Gasteiger partial charge on any atom is 0.339 e. The van der Waals surface area contributed by atoms with Crippen LogP contribution in [0.1, 0.15) is 46.0 Å². The Morgan fingerprint density at radius 1 is 1.14 bits per heavy atom. The smallest absolute Gasteiger partial charge is 0.339 e. The van der Waals surface area contributed by atoms with E-state index >= 15 is 0 Å². The molecule has 1 aliphatic rings. The van der Waals surface area contributed by atoms with Crippen molar-refractivity contribution in [1.82, 2.24) is 9.88 Å². The molecule has 1 aromatic carbocycles. The standard InChI is InChI=1S/C22H30N4O3/c1-5-16-19(22(28)29-4)15(3)20(23-16)21(27)24-17-9-7-8-10-18(17)26-13-11-25(6-2)12-14-26/h7-10,23H,5-6,11-14H2,1-4H3,(H,24,27). The summed E-state index contributed by atoms with van der Waals surface area (Å²) >= 11 is 0. The maximum absolute atomic E-state index is 13.0. The van der Waals surface area contributed by atoms with Crippen molar-refractivity contribution >= 4 is 23.3 Å². The second-order valence-electron chi connectivity index (χ2n) is 7.22. The topological polar surface area (TPSA) is 77.7 Å². The summed E-state index contributed by atoms with van der Waals surface area (Å²) < 4.78 is 4.89. The highest BCUT2D eigenvalue weighted by atomic mass is 16.5. The Hall–Kier alpha value is -2.80. The van der Waals surface area contributed by atoms with Gasteiger partial charge in [-0.1, -0.05) is 26.0 Å². The number of aryl methyl sites for hydroxylation is 1. The molecule has 29 heavy (non-hydrogen) atoms. The molecule has 2 aromatic rings. The maximum atomic E-state index is 13.0. The van der Waals surface area contributed by atoms with Crippen molar-refractivity contribution in [2.45, 2.75) is 27.2 Å². The average molecular weight is 399 g/mol. The van der Waals surface area contributed by atoms with Gasteiger partial charge in [-0.25, -0.2) is 4.79 Å². The van der Waals surface area contributed by atoms with Crippen molar-refractivity contribution < 1.29 is 14.3 Å². The van der Waals surface area contributed by atoms with Crippen molar-refractivity contribution in [2.24, 2.45) is 0 Å². The number of rotatable bonds is 6. The van der Waals surface area contributed by atoms with Crippen molar-refractivity contribution in [3.05, 3.63) is 46.8 Å². The summed E-state index contributed by atoms with van der Waals surface area (Å²) in [5.41, 5.74) is 3.96. The summed E-state index contributed by atoms with van der Waals surface area (Å²) in [6.45, 7) is 10.8. The van der Waals surface area contributed by atoms with Crippen molar-refractivity contribution in [1.29, 1.82) is 0 Å².